The lowest BCUT2D eigenvalue weighted by Crippen LogP contribution is -2.07. The first-order chi connectivity index (χ1) is 5.41. The standard InChI is InChI=1S/C5H9N3O2S2/c1-3(12(2,9)10)4-7-8-5(6)11-4/h3H,1-2H3,(H2,6,8). The van der Waals surface area contributed by atoms with Crippen LogP contribution in [0.3, 0.4) is 0 Å². The molecule has 0 aliphatic carbocycles. The summed E-state index contributed by atoms with van der Waals surface area (Å²) in [5, 5.41) is 7.29. The molecule has 2 N–H and O–H groups in total. The molecule has 1 atom stereocenters. The zero-order valence-corrected chi connectivity index (χ0v) is 8.32. The lowest BCUT2D eigenvalue weighted by Gasteiger charge is -2.02. The molecule has 1 unspecified atom stereocenters. The van der Waals surface area contributed by atoms with Crippen LogP contribution in [-0.4, -0.2) is 24.9 Å². The fraction of sp³-hybridized carbons (Fsp3) is 0.600. The predicted molar refractivity (Wildman–Crippen MR) is 47.6 cm³/mol. The SMILES string of the molecule is CC(c1nnc(N)s1)S(C)(=O)=O. The molecule has 0 bridgehead atoms. The highest BCUT2D eigenvalue weighted by Crippen LogP contribution is 2.24. The van der Waals surface area contributed by atoms with Crippen LogP contribution in [-0.2, 0) is 9.84 Å². The number of nitrogens with two attached hydrogens (primary N) is 1. The normalized spacial score (nSPS) is 14.5. The Hall–Kier alpha value is -0.690. The largest absolute Gasteiger partial charge is 0.374 e. The first kappa shape index (κ1) is 9.40. The molecule has 0 amide bonds. The van der Waals surface area contributed by atoms with E-state index in [1.165, 1.54) is 0 Å². The van der Waals surface area contributed by atoms with E-state index in [1.54, 1.807) is 6.92 Å². The molecule has 0 saturated carbocycles. The topological polar surface area (TPSA) is 85.9 Å². The Bertz CT molecular complexity index is 370. The van der Waals surface area contributed by atoms with E-state index < -0.39 is 15.1 Å². The van der Waals surface area contributed by atoms with Gasteiger partial charge in [0.05, 0.1) is 0 Å². The van der Waals surface area contributed by atoms with Crippen LogP contribution in [0, 0.1) is 0 Å². The second-order valence-electron chi connectivity index (χ2n) is 2.45. The molecular weight excluding hydrogens is 198 g/mol. The molecular formula is C5H9N3O2S2. The van der Waals surface area contributed by atoms with Gasteiger partial charge in [0.25, 0.3) is 0 Å². The molecule has 1 aromatic heterocycles. The van der Waals surface area contributed by atoms with Crippen LogP contribution in [0.25, 0.3) is 0 Å². The third-order valence-electron chi connectivity index (χ3n) is 1.45. The number of hydrogen-bond acceptors (Lipinski definition) is 6. The van der Waals surface area contributed by atoms with Gasteiger partial charge < -0.3 is 5.73 Å². The Balaban J connectivity index is 3.01. The summed E-state index contributed by atoms with van der Waals surface area (Å²) in [6.07, 6.45) is 1.16. The van der Waals surface area contributed by atoms with Crippen LogP contribution in [0.2, 0.25) is 0 Å². The molecule has 0 saturated heterocycles. The molecule has 7 heteroatoms. The molecule has 0 fully saturated rings. The second-order valence-corrected chi connectivity index (χ2v) is 5.86. The summed E-state index contributed by atoms with van der Waals surface area (Å²) < 4.78 is 22.1. The van der Waals surface area contributed by atoms with Gasteiger partial charge in [-0.2, -0.15) is 0 Å². The molecule has 1 aromatic rings. The Morgan fingerprint density at radius 3 is 2.42 bits per heavy atom. The summed E-state index contributed by atoms with van der Waals surface area (Å²) in [4.78, 5) is 0. The van der Waals surface area contributed by atoms with Crippen molar-refractivity contribution in [1.29, 1.82) is 0 Å². The molecule has 5 nitrogen and oxygen atoms in total. The number of sulfone groups is 1. The number of aromatic nitrogens is 2. The summed E-state index contributed by atoms with van der Waals surface area (Å²) in [5.74, 6) is 0. The van der Waals surface area contributed by atoms with Crippen molar-refractivity contribution in [2.24, 2.45) is 0 Å². The van der Waals surface area contributed by atoms with E-state index in [9.17, 15) is 8.42 Å². The highest BCUT2D eigenvalue weighted by atomic mass is 32.2. The predicted octanol–water partition coefficient (Wildman–Crippen LogP) is 0.226. The van der Waals surface area contributed by atoms with Gasteiger partial charge in [-0.1, -0.05) is 11.3 Å². The first-order valence-electron chi connectivity index (χ1n) is 3.19. The van der Waals surface area contributed by atoms with Gasteiger partial charge >= 0.3 is 0 Å². The summed E-state index contributed by atoms with van der Waals surface area (Å²) in [5.41, 5.74) is 5.31. The van der Waals surface area contributed by atoms with Crippen molar-refractivity contribution in [1.82, 2.24) is 10.2 Å². The Morgan fingerprint density at radius 2 is 2.08 bits per heavy atom. The van der Waals surface area contributed by atoms with Crippen LogP contribution >= 0.6 is 11.3 Å². The van der Waals surface area contributed by atoms with E-state index in [4.69, 9.17) is 5.73 Å². The van der Waals surface area contributed by atoms with Gasteiger partial charge in [-0.25, -0.2) is 8.42 Å². The number of nitrogens with zero attached hydrogens (tertiary/aromatic N) is 2. The van der Waals surface area contributed by atoms with Crippen LogP contribution in [0.1, 0.15) is 17.2 Å². The van der Waals surface area contributed by atoms with E-state index in [-0.39, 0.29) is 0 Å². The van der Waals surface area contributed by atoms with Crippen molar-refractivity contribution in [3.63, 3.8) is 0 Å². The third kappa shape index (κ3) is 1.92. The van der Waals surface area contributed by atoms with Crippen molar-refractivity contribution >= 4 is 26.3 Å². The number of nitrogen functional groups attached to an aromatic ring is 1. The van der Waals surface area contributed by atoms with Crippen molar-refractivity contribution in [2.75, 3.05) is 12.0 Å². The summed E-state index contributed by atoms with van der Waals surface area (Å²) >= 11 is 1.10. The van der Waals surface area contributed by atoms with E-state index in [0.717, 1.165) is 17.6 Å². The Morgan fingerprint density at radius 1 is 1.50 bits per heavy atom. The summed E-state index contributed by atoms with van der Waals surface area (Å²) in [7, 11) is -3.09. The quantitative estimate of drug-likeness (QED) is 0.750. The fourth-order valence-corrected chi connectivity index (χ4v) is 2.22. The van der Waals surface area contributed by atoms with E-state index in [1.807, 2.05) is 0 Å². The van der Waals surface area contributed by atoms with Crippen LogP contribution in [0.5, 0.6) is 0 Å². The lowest BCUT2D eigenvalue weighted by atomic mass is 10.5. The van der Waals surface area contributed by atoms with Crippen molar-refractivity contribution in [3.8, 4) is 0 Å². The average molecular weight is 207 g/mol. The molecule has 0 aromatic carbocycles. The fourth-order valence-electron chi connectivity index (χ4n) is 0.594. The highest BCUT2D eigenvalue weighted by Gasteiger charge is 2.20. The molecule has 1 heterocycles. The van der Waals surface area contributed by atoms with Gasteiger partial charge in [0.2, 0.25) is 5.13 Å². The zero-order valence-electron chi connectivity index (χ0n) is 6.68. The molecule has 0 aliphatic heterocycles. The maximum atomic E-state index is 11.0. The molecule has 0 radical (unpaired) electrons. The highest BCUT2D eigenvalue weighted by molar-refractivity contribution is 7.91. The number of rotatable bonds is 2. The monoisotopic (exact) mass is 207 g/mol. The Kier molecular flexibility index (Phi) is 2.34. The minimum atomic E-state index is -3.09. The van der Waals surface area contributed by atoms with Crippen LogP contribution in [0.4, 0.5) is 5.13 Å². The summed E-state index contributed by atoms with van der Waals surface area (Å²) in [6.45, 7) is 1.56. The number of hydrogen-bond donors (Lipinski definition) is 1. The molecule has 68 valence electrons. The maximum absolute atomic E-state index is 11.0. The lowest BCUT2D eigenvalue weighted by molar-refractivity contribution is 0.591. The van der Waals surface area contributed by atoms with E-state index in [0.29, 0.717) is 10.1 Å². The van der Waals surface area contributed by atoms with E-state index >= 15 is 0 Å². The van der Waals surface area contributed by atoms with Gasteiger partial charge in [0.1, 0.15) is 10.3 Å². The van der Waals surface area contributed by atoms with Crippen molar-refractivity contribution in [2.45, 2.75) is 12.2 Å². The average Bonchev–Trinajstić information content (AvgIpc) is 2.32. The van der Waals surface area contributed by atoms with E-state index in [2.05, 4.69) is 10.2 Å². The van der Waals surface area contributed by atoms with Crippen molar-refractivity contribution < 1.29 is 8.42 Å². The molecule has 12 heavy (non-hydrogen) atoms. The van der Waals surface area contributed by atoms with Gasteiger partial charge in [0, 0.05) is 6.26 Å². The van der Waals surface area contributed by atoms with Gasteiger partial charge in [-0.15, -0.1) is 10.2 Å². The molecule has 1 rings (SSSR count). The smallest absolute Gasteiger partial charge is 0.203 e. The van der Waals surface area contributed by atoms with Gasteiger partial charge in [0.15, 0.2) is 9.84 Å². The molecule has 0 aliphatic rings. The third-order valence-corrected chi connectivity index (χ3v) is 4.04. The summed E-state index contributed by atoms with van der Waals surface area (Å²) in [6, 6.07) is 0. The van der Waals surface area contributed by atoms with Gasteiger partial charge in [-0.3, -0.25) is 0 Å². The zero-order chi connectivity index (χ0) is 9.35. The Labute approximate surface area is 74.5 Å². The minimum absolute atomic E-state index is 0.292. The van der Waals surface area contributed by atoms with Gasteiger partial charge in [-0.05, 0) is 6.92 Å². The number of anilines is 1. The minimum Gasteiger partial charge on any atom is -0.374 e. The van der Waals surface area contributed by atoms with Crippen LogP contribution < -0.4 is 5.73 Å². The second kappa shape index (κ2) is 2.98. The maximum Gasteiger partial charge on any atom is 0.203 e. The van der Waals surface area contributed by atoms with Crippen LogP contribution in [0.15, 0.2) is 0 Å². The molecule has 0 spiro atoms. The van der Waals surface area contributed by atoms with Crippen molar-refractivity contribution in [3.05, 3.63) is 5.01 Å². The first-order valence-corrected chi connectivity index (χ1v) is 5.96.